The van der Waals surface area contributed by atoms with E-state index in [1.54, 1.807) is 11.0 Å². The Morgan fingerprint density at radius 3 is 2.26 bits per heavy atom. The van der Waals surface area contributed by atoms with E-state index in [0.717, 1.165) is 5.56 Å². The highest BCUT2D eigenvalue weighted by Crippen LogP contribution is 2.30. The van der Waals surface area contributed by atoms with Crippen molar-refractivity contribution in [2.75, 3.05) is 26.5 Å². The summed E-state index contributed by atoms with van der Waals surface area (Å²) in [6.45, 7) is 2.86. The molecule has 0 aliphatic rings. The normalized spacial score (nSPS) is 11.1. The maximum Gasteiger partial charge on any atom is 0.223 e. The molecule has 2 aromatic rings. The smallest absolute Gasteiger partial charge is 0.223 e. The molecule has 0 aliphatic heterocycles. The number of ether oxygens (including phenoxy) is 2. The van der Waals surface area contributed by atoms with Crippen molar-refractivity contribution >= 4 is 15.7 Å². The number of benzene rings is 2. The van der Waals surface area contributed by atoms with E-state index in [9.17, 15) is 13.2 Å². The third-order valence-corrected chi connectivity index (χ3v) is 5.96. The fraction of sp³-hybridized carbons (Fsp3) is 0.350. The van der Waals surface area contributed by atoms with Gasteiger partial charge < -0.3 is 14.4 Å². The molecule has 0 aliphatic carbocycles. The maximum atomic E-state index is 12.6. The van der Waals surface area contributed by atoms with Crippen LogP contribution in [0.4, 0.5) is 0 Å². The molecule has 0 unspecified atom stereocenters. The molecule has 0 aromatic heterocycles. The van der Waals surface area contributed by atoms with Crippen molar-refractivity contribution in [2.24, 2.45) is 0 Å². The number of amides is 1. The van der Waals surface area contributed by atoms with E-state index in [1.165, 1.54) is 26.4 Å². The molecule has 27 heavy (non-hydrogen) atoms. The maximum absolute atomic E-state index is 12.6. The van der Waals surface area contributed by atoms with Gasteiger partial charge in [0.25, 0.3) is 0 Å². The van der Waals surface area contributed by atoms with Gasteiger partial charge in [0.1, 0.15) is 0 Å². The lowest BCUT2D eigenvalue weighted by molar-refractivity contribution is -0.131. The molecule has 0 radical (unpaired) electrons. The van der Waals surface area contributed by atoms with Gasteiger partial charge in [0, 0.05) is 25.6 Å². The Morgan fingerprint density at radius 1 is 1.00 bits per heavy atom. The van der Waals surface area contributed by atoms with Gasteiger partial charge >= 0.3 is 0 Å². The van der Waals surface area contributed by atoms with Gasteiger partial charge in [-0.25, -0.2) is 8.42 Å². The number of hydrogen-bond donors (Lipinski definition) is 0. The summed E-state index contributed by atoms with van der Waals surface area (Å²) in [4.78, 5) is 14.3. The lowest BCUT2D eigenvalue weighted by Gasteiger charge is -2.21. The fourth-order valence-corrected chi connectivity index (χ4v) is 3.93. The molecule has 6 nitrogen and oxygen atoms in total. The summed E-state index contributed by atoms with van der Waals surface area (Å²) in [5.74, 6) is 0.342. The van der Waals surface area contributed by atoms with Gasteiger partial charge in [0.2, 0.25) is 5.91 Å². The zero-order valence-corrected chi connectivity index (χ0v) is 16.7. The van der Waals surface area contributed by atoms with Crippen molar-refractivity contribution < 1.29 is 22.7 Å². The minimum Gasteiger partial charge on any atom is -0.493 e. The molecule has 0 saturated carbocycles. The zero-order valence-electron chi connectivity index (χ0n) is 15.8. The Labute approximate surface area is 160 Å². The highest BCUT2D eigenvalue weighted by molar-refractivity contribution is 7.91. The summed E-state index contributed by atoms with van der Waals surface area (Å²) < 4.78 is 35.5. The molecule has 7 heteroatoms. The SMILES string of the molecule is CCN(Cc1ccccc1)C(=O)CCS(=O)(=O)c1ccc(OC)c(OC)c1. The van der Waals surface area contributed by atoms with Crippen molar-refractivity contribution in [1.82, 2.24) is 4.90 Å². The summed E-state index contributed by atoms with van der Waals surface area (Å²) in [6.07, 6.45) is -0.0721. The van der Waals surface area contributed by atoms with E-state index in [-0.39, 0.29) is 23.0 Å². The van der Waals surface area contributed by atoms with Crippen molar-refractivity contribution in [3.63, 3.8) is 0 Å². The number of hydrogen-bond acceptors (Lipinski definition) is 5. The van der Waals surface area contributed by atoms with Crippen LogP contribution in [0.25, 0.3) is 0 Å². The fourth-order valence-electron chi connectivity index (χ4n) is 2.69. The summed E-state index contributed by atoms with van der Waals surface area (Å²) in [5, 5.41) is 0. The molecule has 0 saturated heterocycles. The van der Waals surface area contributed by atoms with E-state index < -0.39 is 9.84 Å². The van der Waals surface area contributed by atoms with Gasteiger partial charge in [-0.1, -0.05) is 30.3 Å². The Morgan fingerprint density at radius 2 is 1.67 bits per heavy atom. The van der Waals surface area contributed by atoms with Crippen LogP contribution in [-0.4, -0.2) is 45.7 Å². The average Bonchev–Trinajstić information content (AvgIpc) is 2.70. The average molecular weight is 391 g/mol. The molecule has 0 N–H and O–H groups in total. The lowest BCUT2D eigenvalue weighted by atomic mass is 10.2. The Hall–Kier alpha value is -2.54. The molecule has 1 amide bonds. The number of nitrogens with zero attached hydrogens (tertiary/aromatic N) is 1. The number of sulfone groups is 1. The van der Waals surface area contributed by atoms with Gasteiger partial charge in [0.05, 0.1) is 24.9 Å². The highest BCUT2D eigenvalue weighted by atomic mass is 32.2. The molecule has 0 spiro atoms. The Bertz CT molecular complexity index is 865. The minimum atomic E-state index is -3.61. The first kappa shape index (κ1) is 20.8. The topological polar surface area (TPSA) is 72.9 Å². The molecule has 0 fully saturated rings. The van der Waals surface area contributed by atoms with Crippen LogP contribution in [0.15, 0.2) is 53.4 Å². The van der Waals surface area contributed by atoms with Crippen LogP contribution in [0.5, 0.6) is 11.5 Å². The summed E-state index contributed by atoms with van der Waals surface area (Å²) in [7, 11) is -0.683. The first-order valence-corrected chi connectivity index (χ1v) is 10.3. The molecular formula is C20H25NO5S. The van der Waals surface area contributed by atoms with E-state index in [0.29, 0.717) is 24.6 Å². The van der Waals surface area contributed by atoms with Gasteiger partial charge in [-0.3, -0.25) is 4.79 Å². The second-order valence-electron chi connectivity index (χ2n) is 5.98. The first-order chi connectivity index (χ1) is 12.9. The molecule has 2 aromatic carbocycles. The highest BCUT2D eigenvalue weighted by Gasteiger charge is 2.21. The van der Waals surface area contributed by atoms with Crippen LogP contribution in [0, 0.1) is 0 Å². The van der Waals surface area contributed by atoms with E-state index in [4.69, 9.17) is 9.47 Å². The molecule has 0 bridgehead atoms. The predicted molar refractivity (Wildman–Crippen MR) is 104 cm³/mol. The van der Waals surface area contributed by atoms with Gasteiger partial charge in [-0.05, 0) is 24.6 Å². The lowest BCUT2D eigenvalue weighted by Crippen LogP contribution is -2.31. The van der Waals surface area contributed by atoms with Crippen LogP contribution >= 0.6 is 0 Å². The molecular weight excluding hydrogens is 366 g/mol. The van der Waals surface area contributed by atoms with Crippen LogP contribution in [0.1, 0.15) is 18.9 Å². The van der Waals surface area contributed by atoms with Crippen molar-refractivity contribution in [1.29, 1.82) is 0 Å². The number of carbonyl (C=O) groups is 1. The van der Waals surface area contributed by atoms with E-state index in [2.05, 4.69) is 0 Å². The summed E-state index contributed by atoms with van der Waals surface area (Å²) in [6, 6.07) is 14.0. The van der Waals surface area contributed by atoms with E-state index in [1.807, 2.05) is 37.3 Å². The van der Waals surface area contributed by atoms with Crippen LogP contribution in [-0.2, 0) is 21.2 Å². The number of carbonyl (C=O) groups excluding carboxylic acids is 1. The first-order valence-electron chi connectivity index (χ1n) is 8.67. The molecule has 0 atom stereocenters. The summed E-state index contributed by atoms with van der Waals surface area (Å²) in [5.41, 5.74) is 1.01. The monoisotopic (exact) mass is 391 g/mol. The molecule has 0 heterocycles. The van der Waals surface area contributed by atoms with Gasteiger partial charge in [0.15, 0.2) is 21.3 Å². The van der Waals surface area contributed by atoms with Crippen molar-refractivity contribution in [3.8, 4) is 11.5 Å². The minimum absolute atomic E-state index is 0.0721. The standard InChI is InChI=1S/C20H25NO5S/c1-4-21(15-16-8-6-5-7-9-16)20(22)12-13-27(23,24)17-10-11-18(25-2)19(14-17)26-3/h5-11,14H,4,12-13,15H2,1-3H3. The zero-order chi connectivity index (χ0) is 19.9. The van der Waals surface area contributed by atoms with Gasteiger partial charge in [-0.15, -0.1) is 0 Å². The van der Waals surface area contributed by atoms with Crippen molar-refractivity contribution in [3.05, 3.63) is 54.1 Å². The Kier molecular flexibility index (Phi) is 7.24. The van der Waals surface area contributed by atoms with Crippen LogP contribution < -0.4 is 9.47 Å². The summed E-state index contributed by atoms with van der Waals surface area (Å²) >= 11 is 0. The number of rotatable bonds is 9. The van der Waals surface area contributed by atoms with Gasteiger partial charge in [-0.2, -0.15) is 0 Å². The third-order valence-electron chi connectivity index (χ3n) is 4.25. The number of methoxy groups -OCH3 is 2. The Balaban J connectivity index is 2.06. The largest absolute Gasteiger partial charge is 0.493 e. The van der Waals surface area contributed by atoms with E-state index >= 15 is 0 Å². The second-order valence-corrected chi connectivity index (χ2v) is 8.09. The molecule has 146 valence electrons. The van der Waals surface area contributed by atoms with Crippen LogP contribution in [0.2, 0.25) is 0 Å². The van der Waals surface area contributed by atoms with Crippen LogP contribution in [0.3, 0.4) is 0 Å². The predicted octanol–water partition coefficient (Wildman–Crippen LogP) is 2.92. The quantitative estimate of drug-likeness (QED) is 0.657. The second kappa shape index (κ2) is 9.41. The van der Waals surface area contributed by atoms with Crippen molar-refractivity contribution in [2.45, 2.75) is 24.8 Å². The third kappa shape index (κ3) is 5.47. The molecule has 2 rings (SSSR count).